The molecule has 1 N–H and O–H groups in total. The van der Waals surface area contributed by atoms with Crippen LogP contribution in [0.25, 0.3) is 0 Å². The topological polar surface area (TPSA) is 47.9 Å². The second-order valence-electron chi connectivity index (χ2n) is 3.68. The van der Waals surface area contributed by atoms with E-state index >= 15 is 0 Å². The van der Waals surface area contributed by atoms with Crippen LogP contribution in [0.2, 0.25) is 0 Å². The average Bonchev–Trinajstić information content (AvgIpc) is 2.32. The Hall–Kier alpha value is -0.623. The molecule has 0 aromatic heterocycles. The molecule has 4 nitrogen and oxygen atoms in total. The van der Waals surface area contributed by atoms with Gasteiger partial charge in [0.15, 0.2) is 0 Å². The van der Waals surface area contributed by atoms with Crippen LogP contribution in [0, 0.1) is 0 Å². The first kappa shape index (κ1) is 19.4. The molecule has 0 atom stereocenters. The molecule has 0 aromatic carbocycles. The highest BCUT2D eigenvalue weighted by atomic mass is 28.4. The highest BCUT2D eigenvalue weighted by molar-refractivity contribution is 6.66. The number of aliphatic hydroxyl groups is 1. The first-order valence-corrected chi connectivity index (χ1v) is 6.88. The van der Waals surface area contributed by atoms with E-state index in [9.17, 15) is 26.3 Å². The SMILES string of the molecule is CO[Si](/C=C\CC(O)(C(F)(F)F)C(F)(F)F)(OC)OC. The lowest BCUT2D eigenvalue weighted by atomic mass is 9.98. The monoisotopic (exact) mass is 328 g/mol. The van der Waals surface area contributed by atoms with Gasteiger partial charge < -0.3 is 18.4 Å². The fourth-order valence-electron chi connectivity index (χ4n) is 1.22. The second-order valence-corrected chi connectivity index (χ2v) is 6.44. The second kappa shape index (κ2) is 6.43. The third-order valence-electron chi connectivity index (χ3n) is 2.53. The van der Waals surface area contributed by atoms with Crippen LogP contribution in [0.5, 0.6) is 0 Å². The Morgan fingerprint density at radius 2 is 1.25 bits per heavy atom. The van der Waals surface area contributed by atoms with E-state index in [0.29, 0.717) is 6.08 Å². The summed E-state index contributed by atoms with van der Waals surface area (Å²) in [7, 11) is -0.0770. The summed E-state index contributed by atoms with van der Waals surface area (Å²) in [6, 6.07) is 0. The van der Waals surface area contributed by atoms with Crippen LogP contribution in [0.3, 0.4) is 0 Å². The molecule has 0 rings (SSSR count). The number of halogens is 6. The molecule has 0 unspecified atom stereocenters. The van der Waals surface area contributed by atoms with Crippen LogP contribution in [0.1, 0.15) is 6.42 Å². The van der Waals surface area contributed by atoms with Crippen LogP contribution in [0.4, 0.5) is 26.3 Å². The lowest BCUT2D eigenvalue weighted by Crippen LogP contribution is -2.56. The number of alkyl halides is 6. The zero-order chi connectivity index (χ0) is 16.2. The maximum absolute atomic E-state index is 12.4. The molecule has 0 aliphatic rings. The van der Waals surface area contributed by atoms with Crippen molar-refractivity contribution in [3.63, 3.8) is 0 Å². The minimum Gasteiger partial charge on any atom is -0.374 e. The van der Waals surface area contributed by atoms with Crippen LogP contribution < -0.4 is 0 Å². The van der Waals surface area contributed by atoms with Crippen LogP contribution >= 0.6 is 0 Å². The molecule has 0 saturated heterocycles. The van der Waals surface area contributed by atoms with Gasteiger partial charge >= 0.3 is 21.2 Å². The minimum atomic E-state index is -5.87. The van der Waals surface area contributed by atoms with Crippen molar-refractivity contribution in [3.05, 3.63) is 11.8 Å². The summed E-state index contributed by atoms with van der Waals surface area (Å²) in [5, 5.41) is 8.89. The number of hydrogen-bond acceptors (Lipinski definition) is 4. The molecule has 0 amide bonds. The molecule has 20 heavy (non-hydrogen) atoms. The van der Waals surface area contributed by atoms with Crippen LogP contribution in [-0.4, -0.2) is 53.2 Å². The largest absolute Gasteiger partial charge is 0.528 e. The predicted octanol–water partition coefficient (Wildman–Crippen LogP) is 2.21. The molecule has 0 bridgehead atoms. The van der Waals surface area contributed by atoms with E-state index in [1.165, 1.54) is 0 Å². The molecule has 0 spiro atoms. The van der Waals surface area contributed by atoms with Crippen LogP contribution in [0.15, 0.2) is 11.8 Å². The fraction of sp³-hybridized carbons (Fsp3) is 0.778. The Morgan fingerprint density at radius 1 is 0.900 bits per heavy atom. The Balaban J connectivity index is 5.26. The van der Waals surface area contributed by atoms with E-state index in [2.05, 4.69) is 0 Å². The van der Waals surface area contributed by atoms with Gasteiger partial charge in [0.25, 0.3) is 5.60 Å². The van der Waals surface area contributed by atoms with Crippen molar-refractivity contribution in [1.29, 1.82) is 0 Å². The molecule has 0 heterocycles. The van der Waals surface area contributed by atoms with Gasteiger partial charge in [-0.2, -0.15) is 26.3 Å². The maximum Gasteiger partial charge on any atom is 0.528 e. The summed E-state index contributed by atoms with van der Waals surface area (Å²) in [4.78, 5) is 0. The van der Waals surface area contributed by atoms with Crippen molar-refractivity contribution < 1.29 is 44.7 Å². The van der Waals surface area contributed by atoms with Crippen LogP contribution in [-0.2, 0) is 13.3 Å². The molecular formula is C9H14F6O4Si. The Morgan fingerprint density at radius 3 is 1.50 bits per heavy atom. The van der Waals surface area contributed by atoms with E-state index < -0.39 is 33.2 Å². The molecule has 120 valence electrons. The predicted molar refractivity (Wildman–Crippen MR) is 57.6 cm³/mol. The summed E-state index contributed by atoms with van der Waals surface area (Å²) < 4.78 is 88.6. The standard InChI is InChI=1S/C9H14F6O4Si/c1-17-20(18-2,19-3)6-4-5-7(16,8(10,11)12)9(13,14)15/h4,6,16H,5H2,1-3H3/b6-4-. The van der Waals surface area contributed by atoms with Gasteiger partial charge in [0.1, 0.15) is 0 Å². The van der Waals surface area contributed by atoms with E-state index in [4.69, 9.17) is 18.4 Å². The number of hydrogen-bond donors (Lipinski definition) is 1. The zero-order valence-electron chi connectivity index (χ0n) is 10.8. The van der Waals surface area contributed by atoms with E-state index in [1.54, 1.807) is 0 Å². The summed E-state index contributed by atoms with van der Waals surface area (Å²) in [5.74, 6) is 0. The highest BCUT2D eigenvalue weighted by Gasteiger charge is 2.69. The van der Waals surface area contributed by atoms with E-state index in [-0.39, 0.29) is 0 Å². The number of rotatable bonds is 6. The Bertz CT molecular complexity index is 314. The lowest BCUT2D eigenvalue weighted by Gasteiger charge is -2.31. The molecule has 0 fully saturated rings. The average molecular weight is 328 g/mol. The Kier molecular flexibility index (Phi) is 6.23. The maximum atomic E-state index is 12.4. The van der Waals surface area contributed by atoms with Crippen molar-refractivity contribution >= 4 is 8.80 Å². The van der Waals surface area contributed by atoms with Gasteiger partial charge in [-0.15, -0.1) is 0 Å². The van der Waals surface area contributed by atoms with Crippen molar-refractivity contribution in [2.45, 2.75) is 24.4 Å². The van der Waals surface area contributed by atoms with E-state index in [0.717, 1.165) is 27.0 Å². The molecular weight excluding hydrogens is 314 g/mol. The van der Waals surface area contributed by atoms with E-state index in [1.807, 2.05) is 0 Å². The van der Waals surface area contributed by atoms with Crippen molar-refractivity contribution in [1.82, 2.24) is 0 Å². The lowest BCUT2D eigenvalue weighted by molar-refractivity contribution is -0.366. The summed E-state index contributed by atoms with van der Waals surface area (Å²) in [6.45, 7) is 0. The third kappa shape index (κ3) is 3.94. The first-order valence-electron chi connectivity index (χ1n) is 5.08. The quantitative estimate of drug-likeness (QED) is 0.600. The molecule has 0 aliphatic carbocycles. The van der Waals surface area contributed by atoms with Gasteiger partial charge in [-0.25, -0.2) is 0 Å². The van der Waals surface area contributed by atoms with Crippen molar-refractivity contribution in [3.8, 4) is 0 Å². The summed E-state index contributed by atoms with van der Waals surface area (Å²) in [5.41, 5.74) is -4.01. The molecule has 11 heteroatoms. The minimum absolute atomic E-state index is 0.476. The third-order valence-corrected chi connectivity index (χ3v) is 4.88. The molecule has 0 radical (unpaired) electrons. The van der Waals surface area contributed by atoms with Crippen molar-refractivity contribution in [2.24, 2.45) is 0 Å². The summed E-state index contributed by atoms with van der Waals surface area (Å²) >= 11 is 0. The Labute approximate surface area is 112 Å². The zero-order valence-corrected chi connectivity index (χ0v) is 11.8. The molecule has 0 aliphatic heterocycles. The van der Waals surface area contributed by atoms with Gasteiger partial charge in [0, 0.05) is 27.8 Å². The van der Waals surface area contributed by atoms with Crippen molar-refractivity contribution in [2.75, 3.05) is 21.3 Å². The van der Waals surface area contributed by atoms with Gasteiger partial charge in [0.05, 0.1) is 0 Å². The molecule has 0 saturated carbocycles. The first-order chi connectivity index (χ1) is 8.89. The highest BCUT2D eigenvalue weighted by Crippen LogP contribution is 2.45. The molecule has 0 aromatic rings. The van der Waals surface area contributed by atoms with Gasteiger partial charge in [0.2, 0.25) is 0 Å². The van der Waals surface area contributed by atoms with Gasteiger partial charge in [-0.3, -0.25) is 0 Å². The summed E-state index contributed by atoms with van der Waals surface area (Å²) in [6.07, 6.45) is -13.0. The smallest absolute Gasteiger partial charge is 0.374 e. The van der Waals surface area contributed by atoms with Gasteiger partial charge in [-0.05, 0) is 5.70 Å². The fourth-order valence-corrected chi connectivity index (χ4v) is 2.53. The van der Waals surface area contributed by atoms with Gasteiger partial charge in [-0.1, -0.05) is 6.08 Å². The normalized spacial score (nSPS) is 15.1.